The molecule has 0 aliphatic carbocycles. The number of fused-ring (bicyclic) bond motifs is 1. The molecule has 1 amide bonds. The Labute approximate surface area is 183 Å². The first kappa shape index (κ1) is 21.7. The molecule has 0 N–H and O–H groups in total. The summed E-state index contributed by atoms with van der Waals surface area (Å²) in [6, 6.07) is 9.43. The predicted octanol–water partition coefficient (Wildman–Crippen LogP) is 5.74. The first-order valence-electron chi connectivity index (χ1n) is 10.4. The topological polar surface area (TPSA) is 51.5 Å². The van der Waals surface area contributed by atoms with Crippen LogP contribution in [-0.2, 0) is 4.79 Å². The molecule has 164 valence electrons. The van der Waals surface area contributed by atoms with E-state index in [0.29, 0.717) is 28.9 Å². The zero-order valence-corrected chi connectivity index (χ0v) is 17.7. The number of benzene rings is 2. The molecule has 1 aliphatic rings. The second kappa shape index (κ2) is 8.94. The lowest BCUT2D eigenvalue weighted by molar-refractivity contribution is -0.118. The number of aromatic nitrogens is 1. The van der Waals surface area contributed by atoms with Gasteiger partial charge >= 0.3 is 0 Å². The van der Waals surface area contributed by atoms with E-state index in [1.54, 1.807) is 19.1 Å². The van der Waals surface area contributed by atoms with E-state index in [2.05, 4.69) is 9.98 Å². The summed E-state index contributed by atoms with van der Waals surface area (Å²) < 4.78 is 48.8. The second-order valence-corrected chi connectivity index (χ2v) is 7.63. The minimum atomic E-state index is -1.36. The number of aliphatic imine (C=N–C) groups is 1. The van der Waals surface area contributed by atoms with Crippen LogP contribution >= 0.6 is 0 Å². The maximum Gasteiger partial charge on any atom is 0.259 e. The summed E-state index contributed by atoms with van der Waals surface area (Å²) >= 11 is 0. The van der Waals surface area contributed by atoms with Crippen molar-refractivity contribution in [2.24, 2.45) is 4.99 Å². The molecule has 0 saturated heterocycles. The van der Waals surface area contributed by atoms with Crippen molar-refractivity contribution in [3.8, 4) is 17.0 Å². The maximum atomic E-state index is 14.6. The molecular formula is C25H21F3N2O2. The van der Waals surface area contributed by atoms with Gasteiger partial charge in [-0.2, -0.15) is 0 Å². The van der Waals surface area contributed by atoms with Crippen LogP contribution in [0.15, 0.2) is 47.5 Å². The van der Waals surface area contributed by atoms with Crippen molar-refractivity contribution < 1.29 is 22.7 Å². The molecule has 0 fully saturated rings. The summed E-state index contributed by atoms with van der Waals surface area (Å²) in [5, 5.41) is 0. The van der Waals surface area contributed by atoms with Crippen LogP contribution < -0.4 is 4.74 Å². The van der Waals surface area contributed by atoms with Gasteiger partial charge in [0.15, 0.2) is 0 Å². The maximum absolute atomic E-state index is 14.6. The number of carbonyl (C=O) groups excluding carboxylic acids is 1. The molecule has 1 atom stereocenters. The van der Waals surface area contributed by atoms with Gasteiger partial charge in [-0.3, -0.25) is 4.79 Å². The van der Waals surface area contributed by atoms with Gasteiger partial charge in [0, 0.05) is 23.4 Å². The van der Waals surface area contributed by atoms with E-state index < -0.39 is 29.0 Å². The highest BCUT2D eigenvalue weighted by Crippen LogP contribution is 2.39. The average Bonchev–Trinajstić information content (AvgIpc) is 2.75. The summed E-state index contributed by atoms with van der Waals surface area (Å²) in [7, 11) is 0. The Kier molecular flexibility index (Phi) is 6.08. The van der Waals surface area contributed by atoms with Crippen LogP contribution in [0.2, 0.25) is 0 Å². The standard InChI is InChI=1S/C25H21F3N2O2/c1-3-4-10-32-21-12-17(16-9-8-15(26)11-14(16)2)18-13-29-25(31)23(24(18)30-21)22-19(27)6-5-7-20(22)28/h5-9,11-13,23H,3-4,10H2,1-2H3. The summed E-state index contributed by atoms with van der Waals surface area (Å²) in [4.78, 5) is 21.1. The van der Waals surface area contributed by atoms with Gasteiger partial charge in [-0.1, -0.05) is 25.5 Å². The smallest absolute Gasteiger partial charge is 0.259 e. The van der Waals surface area contributed by atoms with Gasteiger partial charge in [0.2, 0.25) is 5.88 Å². The van der Waals surface area contributed by atoms with E-state index in [0.717, 1.165) is 25.0 Å². The number of pyridine rings is 1. The Hall–Kier alpha value is -3.48. The van der Waals surface area contributed by atoms with Crippen molar-refractivity contribution >= 4 is 12.1 Å². The van der Waals surface area contributed by atoms with Gasteiger partial charge in [0.25, 0.3) is 5.91 Å². The summed E-state index contributed by atoms with van der Waals surface area (Å²) in [6.45, 7) is 4.16. The normalized spacial score (nSPS) is 15.0. The van der Waals surface area contributed by atoms with Crippen LogP contribution in [0.1, 0.15) is 48.1 Å². The fourth-order valence-electron chi connectivity index (χ4n) is 3.82. The third kappa shape index (κ3) is 4.02. The number of unbranched alkanes of at least 4 members (excludes halogenated alkanes) is 1. The number of hydrogen-bond acceptors (Lipinski definition) is 3. The highest BCUT2D eigenvalue weighted by molar-refractivity contribution is 6.06. The second-order valence-electron chi connectivity index (χ2n) is 7.63. The van der Waals surface area contributed by atoms with Crippen molar-refractivity contribution in [3.63, 3.8) is 0 Å². The summed E-state index contributed by atoms with van der Waals surface area (Å²) in [5.74, 6) is -3.95. The quantitative estimate of drug-likeness (QED) is 0.461. The molecule has 4 rings (SSSR count). The molecule has 2 aromatic carbocycles. The lowest BCUT2D eigenvalue weighted by Crippen LogP contribution is -2.23. The molecule has 0 saturated carbocycles. The Balaban J connectivity index is 1.96. The highest BCUT2D eigenvalue weighted by atomic mass is 19.1. The largest absolute Gasteiger partial charge is 0.478 e. The zero-order chi connectivity index (χ0) is 22.8. The number of nitrogens with zero attached hydrogens (tertiary/aromatic N) is 2. The predicted molar refractivity (Wildman–Crippen MR) is 116 cm³/mol. The monoisotopic (exact) mass is 438 g/mol. The van der Waals surface area contributed by atoms with E-state index in [4.69, 9.17) is 4.74 Å². The van der Waals surface area contributed by atoms with Crippen molar-refractivity contribution in [1.29, 1.82) is 0 Å². The van der Waals surface area contributed by atoms with Crippen molar-refractivity contribution in [2.75, 3.05) is 6.61 Å². The van der Waals surface area contributed by atoms with E-state index in [1.165, 1.54) is 24.4 Å². The fraction of sp³-hybridized carbons (Fsp3) is 0.240. The Morgan fingerprint density at radius 1 is 1.03 bits per heavy atom. The molecule has 1 aliphatic heterocycles. The molecule has 0 spiro atoms. The van der Waals surface area contributed by atoms with Crippen LogP contribution in [0, 0.1) is 24.4 Å². The van der Waals surface area contributed by atoms with Gasteiger partial charge in [0.1, 0.15) is 23.4 Å². The number of carbonyl (C=O) groups is 1. The third-order valence-corrected chi connectivity index (χ3v) is 5.42. The molecule has 3 aromatic rings. The number of halogens is 3. The van der Waals surface area contributed by atoms with E-state index in [1.807, 2.05) is 6.92 Å². The number of amides is 1. The number of hydrogen-bond donors (Lipinski definition) is 0. The number of rotatable bonds is 6. The number of aryl methyl sites for hydroxylation is 1. The van der Waals surface area contributed by atoms with Gasteiger partial charge in [-0.05, 0) is 54.3 Å². The average molecular weight is 438 g/mol. The molecule has 1 unspecified atom stereocenters. The van der Waals surface area contributed by atoms with Crippen molar-refractivity contribution in [3.05, 3.63) is 82.3 Å². The van der Waals surface area contributed by atoms with E-state index >= 15 is 0 Å². The minimum absolute atomic E-state index is 0.154. The molecule has 1 aromatic heterocycles. The highest BCUT2D eigenvalue weighted by Gasteiger charge is 2.35. The van der Waals surface area contributed by atoms with Gasteiger partial charge in [0.05, 0.1) is 12.3 Å². The molecule has 4 nitrogen and oxygen atoms in total. The fourth-order valence-corrected chi connectivity index (χ4v) is 3.82. The molecule has 0 radical (unpaired) electrons. The van der Waals surface area contributed by atoms with Crippen molar-refractivity contribution in [2.45, 2.75) is 32.6 Å². The van der Waals surface area contributed by atoms with Gasteiger partial charge in [-0.25, -0.2) is 23.1 Å². The Bertz CT molecular complexity index is 1200. The van der Waals surface area contributed by atoms with Gasteiger partial charge in [-0.15, -0.1) is 0 Å². The zero-order valence-electron chi connectivity index (χ0n) is 17.7. The Morgan fingerprint density at radius 2 is 1.78 bits per heavy atom. The molecule has 2 heterocycles. The third-order valence-electron chi connectivity index (χ3n) is 5.42. The summed E-state index contributed by atoms with van der Waals surface area (Å²) in [5.41, 5.74) is 2.11. The van der Waals surface area contributed by atoms with Crippen LogP contribution in [-0.4, -0.2) is 23.7 Å². The van der Waals surface area contributed by atoms with Gasteiger partial charge < -0.3 is 4.74 Å². The number of ether oxygens (including phenoxy) is 1. The molecule has 32 heavy (non-hydrogen) atoms. The van der Waals surface area contributed by atoms with Crippen LogP contribution in [0.25, 0.3) is 11.1 Å². The molecule has 7 heteroatoms. The minimum Gasteiger partial charge on any atom is -0.478 e. The van der Waals surface area contributed by atoms with Crippen LogP contribution in [0.4, 0.5) is 13.2 Å². The van der Waals surface area contributed by atoms with E-state index in [-0.39, 0.29) is 17.4 Å². The van der Waals surface area contributed by atoms with Crippen molar-refractivity contribution in [1.82, 2.24) is 4.98 Å². The van der Waals surface area contributed by atoms with Crippen LogP contribution in [0.5, 0.6) is 5.88 Å². The lowest BCUT2D eigenvalue weighted by atomic mass is 9.85. The molecule has 0 bridgehead atoms. The first-order valence-corrected chi connectivity index (χ1v) is 10.4. The summed E-state index contributed by atoms with van der Waals surface area (Å²) in [6.07, 6.45) is 3.03. The van der Waals surface area contributed by atoms with Crippen LogP contribution in [0.3, 0.4) is 0 Å². The molecular weight excluding hydrogens is 417 g/mol. The first-order chi connectivity index (χ1) is 15.4. The SMILES string of the molecule is CCCCOc1cc(-c2ccc(F)cc2C)c2c(n1)C(c1c(F)cccc1F)C(=O)N=C2. The Morgan fingerprint density at radius 3 is 2.47 bits per heavy atom. The van der Waals surface area contributed by atoms with E-state index in [9.17, 15) is 18.0 Å². The lowest BCUT2D eigenvalue weighted by Gasteiger charge is -2.23.